The third kappa shape index (κ3) is 2.50. The molecule has 1 aliphatic rings. The van der Waals surface area contributed by atoms with Gasteiger partial charge in [-0.15, -0.1) is 0 Å². The van der Waals surface area contributed by atoms with Crippen LogP contribution in [0.25, 0.3) is 11.0 Å². The second kappa shape index (κ2) is 5.19. The Balaban J connectivity index is 1.87. The number of nitrogens with zero attached hydrogens (tertiary/aromatic N) is 3. The van der Waals surface area contributed by atoms with Gasteiger partial charge in [-0.3, -0.25) is 4.79 Å². The largest absolute Gasteiger partial charge is 0.338 e. The average molecular weight is 269 g/mol. The Morgan fingerprint density at radius 3 is 3.10 bits per heavy atom. The summed E-state index contributed by atoms with van der Waals surface area (Å²) in [5, 5.41) is 1.05. The summed E-state index contributed by atoms with van der Waals surface area (Å²) in [6, 6.07) is 6.06. The molecular weight excluding hydrogens is 250 g/mol. The van der Waals surface area contributed by atoms with E-state index in [0.29, 0.717) is 18.9 Å². The number of hydrogen-bond acceptors (Lipinski definition) is 3. The lowest BCUT2D eigenvalue weighted by Crippen LogP contribution is -2.36. The molecule has 4 heteroatoms. The lowest BCUT2D eigenvalue weighted by Gasteiger charge is -2.29. The summed E-state index contributed by atoms with van der Waals surface area (Å²) in [6.45, 7) is 5.61. The molecule has 3 heterocycles. The Kier molecular flexibility index (Phi) is 3.38. The van der Waals surface area contributed by atoms with Crippen molar-refractivity contribution >= 4 is 16.9 Å². The first-order valence-electron chi connectivity index (χ1n) is 7.15. The topological polar surface area (TPSA) is 46.1 Å². The van der Waals surface area contributed by atoms with Crippen LogP contribution in [0.3, 0.4) is 0 Å². The number of fused-ring (bicyclic) bond motifs is 2. The van der Waals surface area contributed by atoms with Gasteiger partial charge in [-0.25, -0.2) is 9.97 Å². The first kappa shape index (κ1) is 13.0. The van der Waals surface area contributed by atoms with Crippen molar-refractivity contribution in [2.45, 2.75) is 33.2 Å². The minimum atomic E-state index is 0.247. The van der Waals surface area contributed by atoms with Crippen LogP contribution in [0, 0.1) is 5.92 Å². The molecule has 0 saturated heterocycles. The van der Waals surface area contributed by atoms with Crippen molar-refractivity contribution in [2.24, 2.45) is 5.92 Å². The van der Waals surface area contributed by atoms with Crippen LogP contribution in [0.5, 0.6) is 0 Å². The maximum absolute atomic E-state index is 12.2. The Bertz CT molecular complexity index is 651. The van der Waals surface area contributed by atoms with Crippen LogP contribution in [-0.4, -0.2) is 27.3 Å². The fraction of sp³-hybridized carbons (Fsp3) is 0.438. The van der Waals surface area contributed by atoms with Gasteiger partial charge < -0.3 is 4.90 Å². The fourth-order valence-electron chi connectivity index (χ4n) is 2.66. The van der Waals surface area contributed by atoms with E-state index in [9.17, 15) is 4.79 Å². The van der Waals surface area contributed by atoms with Gasteiger partial charge in [0.15, 0.2) is 5.65 Å². The van der Waals surface area contributed by atoms with Crippen LogP contribution in [-0.2, 0) is 17.8 Å². The maximum atomic E-state index is 12.2. The van der Waals surface area contributed by atoms with E-state index in [2.05, 4.69) is 29.9 Å². The maximum Gasteiger partial charge on any atom is 0.223 e. The van der Waals surface area contributed by atoms with E-state index in [-0.39, 0.29) is 5.91 Å². The first-order chi connectivity index (χ1) is 9.63. The summed E-state index contributed by atoms with van der Waals surface area (Å²) in [6.07, 6.45) is 3.21. The predicted octanol–water partition coefficient (Wildman–Crippen LogP) is 2.56. The molecule has 0 atom stereocenters. The number of carbonyl (C=O) groups excluding carboxylic acids is 1. The van der Waals surface area contributed by atoms with E-state index >= 15 is 0 Å². The van der Waals surface area contributed by atoms with Crippen LogP contribution in [0.1, 0.15) is 31.5 Å². The zero-order valence-corrected chi connectivity index (χ0v) is 12.0. The average Bonchev–Trinajstić information content (AvgIpc) is 2.43. The van der Waals surface area contributed by atoms with Gasteiger partial charge in [-0.2, -0.15) is 0 Å². The lowest BCUT2D eigenvalue weighted by atomic mass is 10.0. The molecule has 0 bridgehead atoms. The Labute approximate surface area is 118 Å². The Morgan fingerprint density at radius 2 is 2.30 bits per heavy atom. The van der Waals surface area contributed by atoms with E-state index in [1.54, 1.807) is 6.20 Å². The highest BCUT2D eigenvalue weighted by Gasteiger charge is 2.22. The number of amides is 1. The molecular formula is C16H19N3O. The summed E-state index contributed by atoms with van der Waals surface area (Å²) in [4.78, 5) is 23.0. The number of hydrogen-bond donors (Lipinski definition) is 0. The molecule has 0 fully saturated rings. The van der Waals surface area contributed by atoms with Gasteiger partial charge in [0.2, 0.25) is 5.91 Å². The molecule has 0 N–H and O–H groups in total. The highest BCUT2D eigenvalue weighted by Crippen LogP contribution is 2.22. The van der Waals surface area contributed by atoms with E-state index in [1.165, 1.54) is 0 Å². The van der Waals surface area contributed by atoms with Gasteiger partial charge in [0.25, 0.3) is 0 Å². The zero-order chi connectivity index (χ0) is 14.1. The summed E-state index contributed by atoms with van der Waals surface area (Å²) >= 11 is 0. The predicted molar refractivity (Wildman–Crippen MR) is 78.1 cm³/mol. The summed E-state index contributed by atoms with van der Waals surface area (Å²) < 4.78 is 0. The number of carbonyl (C=O) groups is 1. The Morgan fingerprint density at radius 1 is 1.45 bits per heavy atom. The molecule has 1 amide bonds. The Hall–Kier alpha value is -1.97. The SMILES string of the molecule is CC(C)CC(=O)N1CCc2nc3ncccc3cc2C1. The molecule has 3 rings (SSSR count). The summed E-state index contributed by atoms with van der Waals surface area (Å²) in [5.41, 5.74) is 3.05. The van der Waals surface area contributed by atoms with Crippen molar-refractivity contribution in [3.05, 3.63) is 35.7 Å². The lowest BCUT2D eigenvalue weighted by molar-refractivity contribution is -0.132. The van der Waals surface area contributed by atoms with Gasteiger partial charge in [0.05, 0.1) is 0 Å². The molecule has 0 aliphatic carbocycles. The van der Waals surface area contributed by atoms with Crippen molar-refractivity contribution in [2.75, 3.05) is 6.54 Å². The van der Waals surface area contributed by atoms with E-state index in [0.717, 1.165) is 35.3 Å². The van der Waals surface area contributed by atoms with E-state index in [4.69, 9.17) is 0 Å². The van der Waals surface area contributed by atoms with Crippen molar-refractivity contribution < 1.29 is 4.79 Å². The molecule has 0 spiro atoms. The monoisotopic (exact) mass is 269 g/mol. The molecule has 104 valence electrons. The molecule has 2 aromatic rings. The zero-order valence-electron chi connectivity index (χ0n) is 12.0. The van der Waals surface area contributed by atoms with Crippen LogP contribution >= 0.6 is 0 Å². The van der Waals surface area contributed by atoms with Crippen LogP contribution < -0.4 is 0 Å². The van der Waals surface area contributed by atoms with Crippen LogP contribution in [0.15, 0.2) is 24.4 Å². The molecule has 0 aromatic carbocycles. The number of pyridine rings is 2. The third-order valence-corrected chi connectivity index (χ3v) is 3.67. The van der Waals surface area contributed by atoms with Gasteiger partial charge in [0, 0.05) is 43.2 Å². The molecule has 2 aromatic heterocycles. The van der Waals surface area contributed by atoms with E-state index < -0.39 is 0 Å². The normalized spacial score (nSPS) is 14.7. The quantitative estimate of drug-likeness (QED) is 0.841. The minimum Gasteiger partial charge on any atom is -0.338 e. The highest BCUT2D eigenvalue weighted by molar-refractivity contribution is 5.78. The van der Waals surface area contributed by atoms with E-state index in [1.807, 2.05) is 17.0 Å². The second-order valence-electron chi connectivity index (χ2n) is 5.81. The molecule has 0 radical (unpaired) electrons. The molecule has 1 aliphatic heterocycles. The molecule has 4 nitrogen and oxygen atoms in total. The van der Waals surface area contributed by atoms with Gasteiger partial charge >= 0.3 is 0 Å². The van der Waals surface area contributed by atoms with Crippen LogP contribution in [0.2, 0.25) is 0 Å². The summed E-state index contributed by atoms with van der Waals surface area (Å²) in [5.74, 6) is 0.653. The number of aromatic nitrogens is 2. The van der Waals surface area contributed by atoms with Crippen molar-refractivity contribution in [1.82, 2.24) is 14.9 Å². The van der Waals surface area contributed by atoms with Gasteiger partial charge in [0.1, 0.15) is 0 Å². The third-order valence-electron chi connectivity index (χ3n) is 3.67. The molecule has 0 saturated carbocycles. The fourth-order valence-corrected chi connectivity index (χ4v) is 2.66. The summed E-state index contributed by atoms with van der Waals surface area (Å²) in [7, 11) is 0. The van der Waals surface area contributed by atoms with Crippen molar-refractivity contribution in [3.8, 4) is 0 Å². The van der Waals surface area contributed by atoms with Gasteiger partial charge in [-0.05, 0) is 29.7 Å². The van der Waals surface area contributed by atoms with Crippen molar-refractivity contribution in [1.29, 1.82) is 0 Å². The molecule has 20 heavy (non-hydrogen) atoms. The molecule has 0 unspecified atom stereocenters. The minimum absolute atomic E-state index is 0.247. The second-order valence-corrected chi connectivity index (χ2v) is 5.81. The smallest absolute Gasteiger partial charge is 0.223 e. The van der Waals surface area contributed by atoms with Crippen molar-refractivity contribution in [3.63, 3.8) is 0 Å². The van der Waals surface area contributed by atoms with Gasteiger partial charge in [-0.1, -0.05) is 13.8 Å². The first-order valence-corrected chi connectivity index (χ1v) is 7.15. The standard InChI is InChI=1S/C16H19N3O/c1-11(2)8-15(20)19-7-5-14-13(10-19)9-12-4-3-6-17-16(12)18-14/h3-4,6,9,11H,5,7-8,10H2,1-2H3. The number of rotatable bonds is 2. The highest BCUT2D eigenvalue weighted by atomic mass is 16.2. The van der Waals surface area contributed by atoms with Crippen LogP contribution in [0.4, 0.5) is 0 Å².